The van der Waals surface area contributed by atoms with E-state index in [1.165, 1.54) is 31.4 Å². The first kappa shape index (κ1) is 13.7. The van der Waals surface area contributed by atoms with Gasteiger partial charge in [-0.25, -0.2) is 4.79 Å². The lowest BCUT2D eigenvalue weighted by Gasteiger charge is -2.05. The second-order valence-corrected chi connectivity index (χ2v) is 3.21. The molecule has 0 bridgehead atoms. The minimum atomic E-state index is -1.13. The molecule has 0 aliphatic rings. The molecule has 7 heteroatoms. The molecule has 1 N–H and O–H groups in total. The Bertz CT molecular complexity index is 482. The van der Waals surface area contributed by atoms with Gasteiger partial charge in [-0.3, -0.25) is 10.1 Å². The summed E-state index contributed by atoms with van der Waals surface area (Å²) in [7, 11) is 1.40. The lowest BCUT2D eigenvalue weighted by molar-refractivity contribution is -0.386. The molecule has 0 amide bonds. The average molecular weight is 253 g/mol. The summed E-state index contributed by atoms with van der Waals surface area (Å²) >= 11 is 0. The van der Waals surface area contributed by atoms with Gasteiger partial charge in [0.05, 0.1) is 4.92 Å². The second-order valence-electron chi connectivity index (χ2n) is 3.21. The van der Waals surface area contributed by atoms with Crippen LogP contribution in [0.25, 0.3) is 6.08 Å². The minimum Gasteiger partial charge on any atom is -0.478 e. The molecule has 1 aromatic carbocycles. The van der Waals surface area contributed by atoms with Crippen LogP contribution in [0.4, 0.5) is 5.69 Å². The van der Waals surface area contributed by atoms with Crippen molar-refractivity contribution in [3.8, 4) is 5.75 Å². The molecule has 0 atom stereocenters. The molecule has 0 fully saturated rings. The van der Waals surface area contributed by atoms with Gasteiger partial charge in [-0.1, -0.05) is 6.07 Å². The van der Waals surface area contributed by atoms with E-state index < -0.39 is 10.9 Å². The predicted molar refractivity (Wildman–Crippen MR) is 62.3 cm³/mol. The molecule has 0 radical (unpaired) electrons. The molecule has 0 spiro atoms. The lowest BCUT2D eigenvalue weighted by atomic mass is 10.1. The van der Waals surface area contributed by atoms with Crippen molar-refractivity contribution in [1.29, 1.82) is 0 Å². The summed E-state index contributed by atoms with van der Waals surface area (Å²) in [5, 5.41) is 19.3. The van der Waals surface area contributed by atoms with Crippen LogP contribution >= 0.6 is 0 Å². The van der Waals surface area contributed by atoms with Gasteiger partial charge in [-0.2, -0.15) is 0 Å². The van der Waals surface area contributed by atoms with Gasteiger partial charge in [0.1, 0.15) is 0 Å². The number of rotatable bonds is 6. The zero-order chi connectivity index (χ0) is 13.5. The van der Waals surface area contributed by atoms with Gasteiger partial charge in [0.2, 0.25) is 0 Å². The number of ether oxygens (including phenoxy) is 2. The Morgan fingerprint density at radius 3 is 2.83 bits per heavy atom. The third-order valence-corrected chi connectivity index (χ3v) is 1.93. The van der Waals surface area contributed by atoms with E-state index in [9.17, 15) is 14.9 Å². The summed E-state index contributed by atoms with van der Waals surface area (Å²) in [6, 6.07) is 4.13. The molecule has 0 saturated carbocycles. The van der Waals surface area contributed by atoms with Crippen molar-refractivity contribution in [1.82, 2.24) is 0 Å². The van der Waals surface area contributed by atoms with Gasteiger partial charge in [-0.05, 0) is 17.7 Å². The number of carboxylic acids is 1. The Kier molecular flexibility index (Phi) is 4.82. The fourth-order valence-electron chi connectivity index (χ4n) is 1.19. The maximum absolute atomic E-state index is 10.8. The van der Waals surface area contributed by atoms with Crippen molar-refractivity contribution in [2.75, 3.05) is 13.9 Å². The quantitative estimate of drug-likeness (QED) is 0.358. The second kappa shape index (κ2) is 6.36. The Balaban J connectivity index is 3.03. The molecular weight excluding hydrogens is 242 g/mol. The third kappa shape index (κ3) is 3.87. The number of hydrogen-bond donors (Lipinski definition) is 1. The highest BCUT2D eigenvalue weighted by Gasteiger charge is 2.15. The van der Waals surface area contributed by atoms with Crippen molar-refractivity contribution in [3.63, 3.8) is 0 Å². The number of nitro groups is 1. The van der Waals surface area contributed by atoms with Crippen LogP contribution in [0, 0.1) is 10.1 Å². The van der Waals surface area contributed by atoms with Crippen LogP contribution in [0.15, 0.2) is 24.3 Å². The number of benzene rings is 1. The molecule has 0 unspecified atom stereocenters. The summed E-state index contributed by atoms with van der Waals surface area (Å²) in [6.45, 7) is -0.106. The first-order chi connectivity index (χ1) is 8.54. The standard InChI is InChI=1S/C11H11NO6/c1-17-7-18-10-4-2-8(3-5-11(13)14)6-9(10)12(15)16/h2-6H,7H2,1H3,(H,13,14). The Morgan fingerprint density at radius 1 is 1.56 bits per heavy atom. The summed E-state index contributed by atoms with van der Waals surface area (Å²) < 4.78 is 9.68. The van der Waals surface area contributed by atoms with Gasteiger partial charge in [-0.15, -0.1) is 0 Å². The monoisotopic (exact) mass is 253 g/mol. The van der Waals surface area contributed by atoms with E-state index in [1.807, 2.05) is 0 Å². The van der Waals surface area contributed by atoms with Crippen molar-refractivity contribution in [3.05, 3.63) is 40.0 Å². The molecule has 96 valence electrons. The van der Waals surface area contributed by atoms with Gasteiger partial charge in [0.15, 0.2) is 12.5 Å². The van der Waals surface area contributed by atoms with Crippen LogP contribution in [0.3, 0.4) is 0 Å². The van der Waals surface area contributed by atoms with Crippen LogP contribution < -0.4 is 4.74 Å². The van der Waals surface area contributed by atoms with Crippen molar-refractivity contribution in [2.24, 2.45) is 0 Å². The van der Waals surface area contributed by atoms with Crippen LogP contribution in [-0.2, 0) is 9.53 Å². The topological polar surface area (TPSA) is 98.9 Å². The molecule has 0 aliphatic heterocycles. The molecule has 1 rings (SSSR count). The van der Waals surface area contributed by atoms with Crippen LogP contribution in [-0.4, -0.2) is 29.9 Å². The van der Waals surface area contributed by atoms with E-state index in [0.29, 0.717) is 5.56 Å². The molecule has 7 nitrogen and oxygen atoms in total. The van der Waals surface area contributed by atoms with E-state index in [-0.39, 0.29) is 18.2 Å². The number of nitro benzene ring substituents is 1. The summed E-state index contributed by atoms with van der Waals surface area (Å²) in [5.74, 6) is -1.06. The molecule has 0 heterocycles. The van der Waals surface area contributed by atoms with E-state index in [1.54, 1.807) is 0 Å². The average Bonchev–Trinajstić information content (AvgIpc) is 2.34. The Labute approximate surface area is 102 Å². The van der Waals surface area contributed by atoms with Gasteiger partial charge in [0.25, 0.3) is 0 Å². The Morgan fingerprint density at radius 2 is 2.28 bits per heavy atom. The third-order valence-electron chi connectivity index (χ3n) is 1.93. The van der Waals surface area contributed by atoms with E-state index >= 15 is 0 Å². The summed E-state index contributed by atoms with van der Waals surface area (Å²) in [4.78, 5) is 20.5. The number of aliphatic carboxylic acids is 1. The molecule has 0 aliphatic carbocycles. The SMILES string of the molecule is COCOc1ccc(C=CC(=O)O)cc1[N+](=O)[O-]. The first-order valence-electron chi connectivity index (χ1n) is 4.85. The zero-order valence-electron chi connectivity index (χ0n) is 9.53. The molecule has 1 aromatic rings. The van der Waals surface area contributed by atoms with Crippen LogP contribution in [0.2, 0.25) is 0 Å². The van der Waals surface area contributed by atoms with Crippen LogP contribution in [0.1, 0.15) is 5.56 Å². The maximum Gasteiger partial charge on any atom is 0.328 e. The van der Waals surface area contributed by atoms with Gasteiger partial charge >= 0.3 is 11.7 Å². The number of methoxy groups -OCH3 is 1. The highest BCUT2D eigenvalue weighted by molar-refractivity contribution is 5.85. The number of nitrogens with zero attached hydrogens (tertiary/aromatic N) is 1. The first-order valence-corrected chi connectivity index (χ1v) is 4.85. The predicted octanol–water partition coefficient (Wildman–Crippen LogP) is 1.68. The van der Waals surface area contributed by atoms with Crippen LogP contribution in [0.5, 0.6) is 5.75 Å². The number of carbonyl (C=O) groups is 1. The lowest BCUT2D eigenvalue weighted by Crippen LogP contribution is -2.02. The normalized spacial score (nSPS) is 10.5. The van der Waals surface area contributed by atoms with E-state index in [2.05, 4.69) is 4.74 Å². The fraction of sp³-hybridized carbons (Fsp3) is 0.182. The maximum atomic E-state index is 10.8. The zero-order valence-corrected chi connectivity index (χ0v) is 9.53. The van der Waals surface area contributed by atoms with E-state index in [4.69, 9.17) is 9.84 Å². The highest BCUT2D eigenvalue weighted by Crippen LogP contribution is 2.28. The molecule has 18 heavy (non-hydrogen) atoms. The summed E-state index contributed by atoms with van der Waals surface area (Å²) in [6.07, 6.45) is 2.16. The number of hydrogen-bond acceptors (Lipinski definition) is 5. The van der Waals surface area contributed by atoms with Crippen molar-refractivity contribution < 1.29 is 24.3 Å². The minimum absolute atomic E-state index is 0.0642. The summed E-state index contributed by atoms with van der Waals surface area (Å²) in [5.41, 5.74) is 0.147. The molecular formula is C11H11NO6. The molecule has 0 saturated heterocycles. The van der Waals surface area contributed by atoms with Crippen molar-refractivity contribution >= 4 is 17.7 Å². The van der Waals surface area contributed by atoms with Gasteiger partial charge in [0, 0.05) is 19.3 Å². The smallest absolute Gasteiger partial charge is 0.328 e. The number of carboxylic acid groups (broad SMARTS) is 1. The highest BCUT2D eigenvalue weighted by atomic mass is 16.7. The van der Waals surface area contributed by atoms with Crippen molar-refractivity contribution in [2.45, 2.75) is 0 Å². The largest absolute Gasteiger partial charge is 0.478 e. The molecule has 0 aromatic heterocycles. The van der Waals surface area contributed by atoms with E-state index in [0.717, 1.165) is 6.08 Å². The fourth-order valence-corrected chi connectivity index (χ4v) is 1.19. The Hall–Kier alpha value is -2.41. The van der Waals surface area contributed by atoms with Gasteiger partial charge < -0.3 is 14.6 Å².